The molecule has 0 aromatic carbocycles. The van der Waals surface area contributed by atoms with Crippen molar-refractivity contribution in [1.82, 2.24) is 19.7 Å². The number of halogens is 3. The summed E-state index contributed by atoms with van der Waals surface area (Å²) in [6, 6.07) is 0. The van der Waals surface area contributed by atoms with E-state index in [2.05, 4.69) is 32.5 Å². The van der Waals surface area contributed by atoms with Crippen LogP contribution in [0.4, 0.5) is 18.3 Å². The molecule has 2 aromatic rings. The van der Waals surface area contributed by atoms with Gasteiger partial charge in [-0.2, -0.15) is 13.2 Å². The number of rotatable bonds is 6. The standard InChI is InChI=1S/C20H22F3N5OS/c1-12-11-30-18(24-12)26-16(29)15-10-19(15,14-6-4-3-5-7-14)8-9-28-13(2)25-17(27-28)20(21,22)23/h3-6,11,14-15H,7-10H2,1-2H3,(H,24,26,29)/t14?,15-,19-/m0/s1. The summed E-state index contributed by atoms with van der Waals surface area (Å²) in [5.41, 5.74) is 0.536. The molecule has 3 atom stereocenters. The lowest BCUT2D eigenvalue weighted by Gasteiger charge is -2.26. The highest BCUT2D eigenvalue weighted by molar-refractivity contribution is 7.13. The van der Waals surface area contributed by atoms with Gasteiger partial charge in [-0.3, -0.25) is 4.79 Å². The number of nitrogens with zero attached hydrogens (tertiary/aromatic N) is 4. The topological polar surface area (TPSA) is 72.7 Å². The Kier molecular flexibility index (Phi) is 5.29. The number of aryl methyl sites for hydroxylation is 3. The summed E-state index contributed by atoms with van der Waals surface area (Å²) in [5.74, 6) is -1.05. The molecule has 10 heteroatoms. The first-order valence-electron chi connectivity index (χ1n) is 9.74. The Morgan fingerprint density at radius 2 is 2.13 bits per heavy atom. The van der Waals surface area contributed by atoms with Crippen LogP contribution in [0, 0.1) is 31.1 Å². The summed E-state index contributed by atoms with van der Waals surface area (Å²) in [6.07, 6.45) is 5.56. The van der Waals surface area contributed by atoms with Crippen LogP contribution in [0.2, 0.25) is 0 Å². The Hall–Kier alpha value is -2.49. The second-order valence-electron chi connectivity index (χ2n) is 7.88. The van der Waals surface area contributed by atoms with Crippen LogP contribution in [0.15, 0.2) is 29.7 Å². The van der Waals surface area contributed by atoms with Gasteiger partial charge in [-0.1, -0.05) is 24.3 Å². The molecule has 0 bridgehead atoms. The Balaban J connectivity index is 1.50. The van der Waals surface area contributed by atoms with Crippen molar-refractivity contribution in [1.29, 1.82) is 0 Å². The van der Waals surface area contributed by atoms with Gasteiger partial charge in [0.05, 0.1) is 5.69 Å². The molecular weight excluding hydrogens is 415 g/mol. The van der Waals surface area contributed by atoms with Gasteiger partial charge in [-0.15, -0.1) is 16.4 Å². The van der Waals surface area contributed by atoms with E-state index in [1.54, 1.807) is 0 Å². The lowest BCUT2D eigenvalue weighted by atomic mass is 9.79. The van der Waals surface area contributed by atoms with Crippen LogP contribution in [0.3, 0.4) is 0 Å². The number of alkyl halides is 3. The highest BCUT2D eigenvalue weighted by Crippen LogP contribution is 2.62. The zero-order chi connectivity index (χ0) is 21.5. The molecule has 0 aliphatic heterocycles. The molecule has 2 aliphatic carbocycles. The van der Waals surface area contributed by atoms with Gasteiger partial charge in [0.15, 0.2) is 5.13 Å². The van der Waals surface area contributed by atoms with Crippen molar-refractivity contribution in [3.8, 4) is 0 Å². The summed E-state index contributed by atoms with van der Waals surface area (Å²) in [7, 11) is 0. The number of amides is 1. The van der Waals surface area contributed by atoms with Crippen LogP contribution >= 0.6 is 11.3 Å². The fourth-order valence-electron chi connectivity index (χ4n) is 4.22. The second kappa shape index (κ2) is 7.64. The monoisotopic (exact) mass is 437 g/mol. The van der Waals surface area contributed by atoms with Gasteiger partial charge in [0.25, 0.3) is 5.82 Å². The van der Waals surface area contributed by atoms with Crippen LogP contribution in [-0.4, -0.2) is 25.7 Å². The van der Waals surface area contributed by atoms with E-state index in [4.69, 9.17) is 0 Å². The molecule has 1 unspecified atom stereocenters. The Labute approximate surface area is 175 Å². The maximum absolute atomic E-state index is 12.9. The van der Waals surface area contributed by atoms with E-state index in [-0.39, 0.29) is 35.5 Å². The molecule has 0 radical (unpaired) electrons. The third-order valence-corrected chi connectivity index (χ3v) is 6.78. The number of hydrogen-bond donors (Lipinski definition) is 1. The third-order valence-electron chi connectivity index (χ3n) is 5.90. The molecule has 4 rings (SSSR count). The fraction of sp³-hybridized carbons (Fsp3) is 0.500. The summed E-state index contributed by atoms with van der Waals surface area (Å²) in [5, 5.41) is 8.97. The SMILES string of the molecule is Cc1csc(NC(=O)[C@@H]2C[C@@]2(CCn2nc(C(F)(F)F)nc2C)C2C=CC=CC2)n1. The summed E-state index contributed by atoms with van der Waals surface area (Å²) < 4.78 is 40.1. The van der Waals surface area contributed by atoms with Crippen molar-refractivity contribution >= 4 is 22.4 Å². The summed E-state index contributed by atoms with van der Waals surface area (Å²) in [4.78, 5) is 20.7. The van der Waals surface area contributed by atoms with E-state index in [0.717, 1.165) is 12.1 Å². The molecule has 2 aromatic heterocycles. The van der Waals surface area contributed by atoms with Gasteiger partial charge in [-0.25, -0.2) is 14.6 Å². The summed E-state index contributed by atoms with van der Waals surface area (Å²) in [6.45, 7) is 3.66. The van der Waals surface area contributed by atoms with Crippen LogP contribution < -0.4 is 5.32 Å². The smallest absolute Gasteiger partial charge is 0.302 e. The highest BCUT2D eigenvalue weighted by atomic mass is 32.1. The van der Waals surface area contributed by atoms with Gasteiger partial charge in [0.1, 0.15) is 5.82 Å². The molecule has 0 spiro atoms. The number of carbonyl (C=O) groups is 1. The van der Waals surface area contributed by atoms with Gasteiger partial charge in [-0.05, 0) is 44.4 Å². The predicted molar refractivity (Wildman–Crippen MR) is 107 cm³/mol. The number of thiazole rings is 1. The largest absolute Gasteiger partial charge is 0.453 e. The number of anilines is 1. The van der Waals surface area contributed by atoms with E-state index in [0.29, 0.717) is 18.0 Å². The van der Waals surface area contributed by atoms with Crippen molar-refractivity contribution in [3.05, 3.63) is 47.0 Å². The average Bonchev–Trinajstić information content (AvgIpc) is 3.11. The van der Waals surface area contributed by atoms with E-state index in [9.17, 15) is 18.0 Å². The zero-order valence-electron chi connectivity index (χ0n) is 16.6. The maximum atomic E-state index is 12.9. The second-order valence-corrected chi connectivity index (χ2v) is 8.74. The molecule has 1 N–H and O–H groups in total. The van der Waals surface area contributed by atoms with Crippen LogP contribution in [-0.2, 0) is 17.5 Å². The van der Waals surface area contributed by atoms with Crippen LogP contribution in [0.5, 0.6) is 0 Å². The fourth-order valence-corrected chi connectivity index (χ4v) is 4.91. The molecular formula is C20H22F3N5OS. The Bertz CT molecular complexity index is 1010. The van der Waals surface area contributed by atoms with Crippen molar-refractivity contribution in [3.63, 3.8) is 0 Å². The molecule has 6 nitrogen and oxygen atoms in total. The van der Waals surface area contributed by atoms with Crippen molar-refractivity contribution in [2.45, 2.75) is 45.8 Å². The molecule has 0 saturated heterocycles. The van der Waals surface area contributed by atoms with E-state index in [1.807, 2.05) is 24.5 Å². The molecule has 1 amide bonds. The Morgan fingerprint density at radius 3 is 2.73 bits per heavy atom. The first-order valence-corrected chi connectivity index (χ1v) is 10.6. The lowest BCUT2D eigenvalue weighted by molar-refractivity contribution is -0.145. The molecule has 2 aliphatic rings. The minimum atomic E-state index is -4.57. The van der Waals surface area contributed by atoms with E-state index in [1.165, 1.54) is 22.9 Å². The molecule has 1 fully saturated rings. The Morgan fingerprint density at radius 1 is 1.33 bits per heavy atom. The summed E-state index contributed by atoms with van der Waals surface area (Å²) >= 11 is 1.38. The first-order chi connectivity index (χ1) is 14.2. The third kappa shape index (κ3) is 4.05. The number of aromatic nitrogens is 4. The maximum Gasteiger partial charge on any atom is 0.453 e. The van der Waals surface area contributed by atoms with Crippen LogP contribution in [0.25, 0.3) is 0 Å². The van der Waals surface area contributed by atoms with Gasteiger partial charge in [0.2, 0.25) is 5.91 Å². The minimum absolute atomic E-state index is 0.0846. The van der Waals surface area contributed by atoms with E-state index < -0.39 is 12.0 Å². The van der Waals surface area contributed by atoms with Crippen molar-refractivity contribution in [2.24, 2.45) is 17.3 Å². The normalized spacial score (nSPS) is 25.5. The number of allylic oxidation sites excluding steroid dienone is 4. The number of hydrogen-bond acceptors (Lipinski definition) is 5. The quantitative estimate of drug-likeness (QED) is 0.720. The first kappa shape index (κ1) is 20.8. The highest BCUT2D eigenvalue weighted by Gasteiger charge is 2.61. The van der Waals surface area contributed by atoms with Gasteiger partial charge in [0, 0.05) is 17.8 Å². The molecule has 2 heterocycles. The number of carbonyl (C=O) groups excluding carboxylic acids is 1. The minimum Gasteiger partial charge on any atom is -0.302 e. The molecule has 1 saturated carbocycles. The molecule has 160 valence electrons. The zero-order valence-corrected chi connectivity index (χ0v) is 17.4. The lowest BCUT2D eigenvalue weighted by Crippen LogP contribution is -2.26. The number of nitrogens with one attached hydrogen (secondary N) is 1. The molecule has 30 heavy (non-hydrogen) atoms. The van der Waals surface area contributed by atoms with Crippen LogP contribution in [0.1, 0.15) is 36.6 Å². The average molecular weight is 437 g/mol. The van der Waals surface area contributed by atoms with Crippen molar-refractivity contribution in [2.75, 3.05) is 5.32 Å². The van der Waals surface area contributed by atoms with Crippen molar-refractivity contribution < 1.29 is 18.0 Å². The van der Waals surface area contributed by atoms with Gasteiger partial charge < -0.3 is 5.32 Å². The van der Waals surface area contributed by atoms with Gasteiger partial charge >= 0.3 is 6.18 Å². The predicted octanol–water partition coefficient (Wildman–Crippen LogP) is 4.54. The van der Waals surface area contributed by atoms with E-state index >= 15 is 0 Å².